The van der Waals surface area contributed by atoms with Gasteiger partial charge in [0.25, 0.3) is 15.9 Å². The van der Waals surface area contributed by atoms with Gasteiger partial charge in [0.15, 0.2) is 0 Å². The van der Waals surface area contributed by atoms with Crippen molar-refractivity contribution in [2.24, 2.45) is 0 Å². The smallest absolute Gasteiger partial charge is 0.310 e. The van der Waals surface area contributed by atoms with Crippen molar-refractivity contribution in [2.45, 2.75) is 18.2 Å². The molecule has 3 aromatic carbocycles. The van der Waals surface area contributed by atoms with E-state index < -0.39 is 15.9 Å². The number of benzene rings is 3. The normalized spacial score (nSPS) is 12.8. The first kappa shape index (κ1) is 26.3. The van der Waals surface area contributed by atoms with Crippen LogP contribution in [0, 0.1) is 0 Å². The average molecular weight is 545 g/mol. The lowest BCUT2D eigenvalue weighted by atomic mass is 10.1. The van der Waals surface area contributed by atoms with Crippen molar-refractivity contribution in [1.29, 1.82) is 0 Å². The van der Waals surface area contributed by atoms with Gasteiger partial charge in [-0.2, -0.15) is 0 Å². The van der Waals surface area contributed by atoms with Crippen molar-refractivity contribution >= 4 is 44.9 Å². The Hall–Kier alpha value is -3.76. The third kappa shape index (κ3) is 5.81. The predicted octanol–water partition coefficient (Wildman–Crippen LogP) is 4.29. The van der Waals surface area contributed by atoms with Crippen molar-refractivity contribution in [2.75, 3.05) is 36.5 Å². The van der Waals surface area contributed by atoms with E-state index in [-0.39, 0.29) is 59.1 Å². The Bertz CT molecular complexity index is 1440. The number of hydrogen-bond acceptors (Lipinski definition) is 7. The maximum Gasteiger partial charge on any atom is 0.310 e. The van der Waals surface area contributed by atoms with Gasteiger partial charge in [-0.3, -0.25) is 13.9 Å². The number of rotatable bonds is 8. The number of sulfonamides is 1. The van der Waals surface area contributed by atoms with Gasteiger partial charge in [0.1, 0.15) is 23.0 Å². The van der Waals surface area contributed by atoms with Gasteiger partial charge in [-0.1, -0.05) is 23.7 Å². The zero-order chi connectivity index (χ0) is 26.6. The average Bonchev–Trinajstić information content (AvgIpc) is 2.88. The first-order valence-electron chi connectivity index (χ1n) is 11.4. The molecule has 0 radical (unpaired) electrons. The second kappa shape index (κ2) is 11.1. The molecule has 37 heavy (non-hydrogen) atoms. The molecule has 0 fully saturated rings. The molecule has 0 saturated heterocycles. The van der Waals surface area contributed by atoms with E-state index in [0.717, 1.165) is 0 Å². The summed E-state index contributed by atoms with van der Waals surface area (Å²) in [6.07, 6.45) is 0.0769. The molecule has 0 unspecified atom stereocenters. The molecular weight excluding hydrogens is 520 g/mol. The maximum atomic E-state index is 13.6. The van der Waals surface area contributed by atoms with Crippen LogP contribution in [-0.2, 0) is 26.0 Å². The molecule has 0 aromatic heterocycles. The SMILES string of the molecule is CCOC(=O)Cc1cccc(NC(=O)c2ccc3c(c2)N(S(=O)(=O)c2cc(Cl)ccc2OC)CCO3)c1. The Kier molecular flexibility index (Phi) is 7.89. The number of hydrogen-bond donors (Lipinski definition) is 1. The monoisotopic (exact) mass is 544 g/mol. The van der Waals surface area contributed by atoms with Gasteiger partial charge in [-0.15, -0.1) is 0 Å². The molecule has 1 heterocycles. The van der Waals surface area contributed by atoms with Crippen LogP contribution >= 0.6 is 11.6 Å². The summed E-state index contributed by atoms with van der Waals surface area (Å²) in [4.78, 5) is 24.8. The topological polar surface area (TPSA) is 111 Å². The van der Waals surface area contributed by atoms with Crippen LogP contribution in [0.2, 0.25) is 5.02 Å². The van der Waals surface area contributed by atoms with Gasteiger partial charge in [-0.05, 0) is 61.0 Å². The number of methoxy groups -OCH3 is 1. The quantitative estimate of drug-likeness (QED) is 0.421. The van der Waals surface area contributed by atoms with E-state index in [1.807, 2.05) is 0 Å². The molecule has 0 saturated carbocycles. The molecule has 0 atom stereocenters. The summed E-state index contributed by atoms with van der Waals surface area (Å²) in [7, 11) is -2.72. The van der Waals surface area contributed by atoms with Gasteiger partial charge >= 0.3 is 5.97 Å². The van der Waals surface area contributed by atoms with Crippen molar-refractivity contribution in [3.05, 3.63) is 76.8 Å². The zero-order valence-corrected chi connectivity index (χ0v) is 21.8. The van der Waals surface area contributed by atoms with Crippen LogP contribution in [-0.4, -0.2) is 47.2 Å². The van der Waals surface area contributed by atoms with Gasteiger partial charge < -0.3 is 19.5 Å². The van der Waals surface area contributed by atoms with E-state index in [1.165, 1.54) is 35.7 Å². The minimum absolute atomic E-state index is 0.0337. The minimum atomic E-state index is -4.10. The third-order valence-electron chi connectivity index (χ3n) is 5.57. The molecule has 0 spiro atoms. The Morgan fingerprint density at radius 3 is 2.68 bits per heavy atom. The lowest BCUT2D eigenvalue weighted by molar-refractivity contribution is -0.142. The Labute approximate surface area is 219 Å². The fourth-order valence-corrected chi connectivity index (χ4v) is 5.77. The van der Waals surface area contributed by atoms with Crippen molar-refractivity contribution in [3.63, 3.8) is 0 Å². The second-order valence-electron chi connectivity index (χ2n) is 8.04. The Morgan fingerprint density at radius 2 is 1.92 bits per heavy atom. The third-order valence-corrected chi connectivity index (χ3v) is 7.64. The molecular formula is C26H25ClN2O7S. The van der Waals surface area contributed by atoms with Crippen molar-refractivity contribution < 1.29 is 32.2 Å². The molecule has 9 nitrogen and oxygen atoms in total. The Morgan fingerprint density at radius 1 is 1.11 bits per heavy atom. The van der Waals surface area contributed by atoms with E-state index in [4.69, 9.17) is 25.8 Å². The van der Waals surface area contributed by atoms with Gasteiger partial charge in [-0.25, -0.2) is 8.42 Å². The maximum absolute atomic E-state index is 13.6. The Balaban J connectivity index is 1.62. The fourth-order valence-electron chi connectivity index (χ4n) is 3.90. The lowest BCUT2D eigenvalue weighted by Crippen LogP contribution is -2.38. The summed E-state index contributed by atoms with van der Waals surface area (Å²) < 4.78 is 44.3. The number of carbonyl (C=O) groups excluding carboxylic acids is 2. The fraction of sp³-hybridized carbons (Fsp3) is 0.231. The first-order valence-corrected chi connectivity index (χ1v) is 13.2. The van der Waals surface area contributed by atoms with Crippen LogP contribution in [0.25, 0.3) is 0 Å². The van der Waals surface area contributed by atoms with E-state index in [1.54, 1.807) is 43.3 Å². The molecule has 1 amide bonds. The van der Waals surface area contributed by atoms with Crippen molar-refractivity contribution in [3.8, 4) is 11.5 Å². The zero-order valence-electron chi connectivity index (χ0n) is 20.2. The highest BCUT2D eigenvalue weighted by atomic mass is 35.5. The standard InChI is InChI=1S/C26H25ClN2O7S/c1-3-35-25(30)14-17-5-4-6-20(13-17)28-26(31)18-7-9-22-21(15-18)29(11-12-36-22)37(32,33)24-16-19(27)8-10-23(24)34-2/h4-10,13,15-16H,3,11-12,14H2,1-2H3,(H,28,31). The van der Waals surface area contributed by atoms with Crippen LogP contribution in [0.5, 0.6) is 11.5 Å². The molecule has 1 N–H and O–H groups in total. The number of carbonyl (C=O) groups is 2. The molecule has 1 aliphatic heterocycles. The minimum Gasteiger partial charge on any atom is -0.495 e. The number of halogens is 1. The summed E-state index contributed by atoms with van der Waals surface area (Å²) in [5.41, 5.74) is 1.60. The molecule has 1 aliphatic rings. The summed E-state index contributed by atoms with van der Waals surface area (Å²) >= 11 is 6.08. The first-order chi connectivity index (χ1) is 17.7. The summed E-state index contributed by atoms with van der Waals surface area (Å²) in [6.45, 7) is 2.18. The number of esters is 1. The summed E-state index contributed by atoms with van der Waals surface area (Å²) in [5, 5.41) is 3.03. The summed E-state index contributed by atoms with van der Waals surface area (Å²) in [5.74, 6) is -0.351. The molecule has 3 aromatic rings. The number of amides is 1. The van der Waals surface area contributed by atoms with Gasteiger partial charge in [0, 0.05) is 16.3 Å². The highest BCUT2D eigenvalue weighted by Crippen LogP contribution is 2.38. The van der Waals surface area contributed by atoms with Crippen LogP contribution in [0.15, 0.2) is 65.6 Å². The van der Waals surface area contributed by atoms with Crippen LogP contribution in [0.4, 0.5) is 11.4 Å². The summed E-state index contributed by atoms with van der Waals surface area (Å²) in [6, 6.07) is 15.8. The molecule has 0 aliphatic carbocycles. The second-order valence-corrected chi connectivity index (χ2v) is 10.3. The van der Waals surface area contributed by atoms with Crippen molar-refractivity contribution in [1.82, 2.24) is 0 Å². The van der Waals surface area contributed by atoms with Crippen LogP contribution in [0.1, 0.15) is 22.8 Å². The number of ether oxygens (including phenoxy) is 3. The van der Waals surface area contributed by atoms with E-state index >= 15 is 0 Å². The lowest BCUT2D eigenvalue weighted by Gasteiger charge is -2.31. The van der Waals surface area contributed by atoms with E-state index in [0.29, 0.717) is 17.0 Å². The highest BCUT2D eigenvalue weighted by molar-refractivity contribution is 7.93. The number of nitrogens with one attached hydrogen (secondary N) is 1. The molecule has 0 bridgehead atoms. The number of nitrogens with zero attached hydrogens (tertiary/aromatic N) is 1. The molecule has 4 rings (SSSR count). The molecule has 194 valence electrons. The van der Waals surface area contributed by atoms with Gasteiger partial charge in [0.2, 0.25) is 0 Å². The van der Waals surface area contributed by atoms with E-state index in [9.17, 15) is 18.0 Å². The van der Waals surface area contributed by atoms with Crippen LogP contribution < -0.4 is 19.1 Å². The highest BCUT2D eigenvalue weighted by Gasteiger charge is 2.33. The predicted molar refractivity (Wildman–Crippen MR) is 139 cm³/mol. The largest absolute Gasteiger partial charge is 0.495 e. The molecule has 11 heteroatoms. The number of fused-ring (bicyclic) bond motifs is 1. The van der Waals surface area contributed by atoms with Gasteiger partial charge in [0.05, 0.1) is 32.4 Å². The van der Waals surface area contributed by atoms with E-state index in [2.05, 4.69) is 5.32 Å². The van der Waals surface area contributed by atoms with Crippen LogP contribution in [0.3, 0.4) is 0 Å². The number of anilines is 2.